The predicted octanol–water partition coefficient (Wildman–Crippen LogP) is 0.857. The first-order valence-corrected chi connectivity index (χ1v) is 6.94. The monoisotopic (exact) mass is 239 g/mol. The number of amides is 1. The van der Waals surface area contributed by atoms with E-state index in [1.165, 1.54) is 25.7 Å². The molecule has 0 bridgehead atoms. The molecule has 4 heteroatoms. The summed E-state index contributed by atoms with van der Waals surface area (Å²) in [5.41, 5.74) is 5.62. The predicted molar refractivity (Wildman–Crippen MR) is 68.6 cm³/mol. The third-order valence-corrected chi connectivity index (χ3v) is 3.93. The molecule has 2 aliphatic rings. The standard InChI is InChI=1S/C13H25N3O/c1-10(14)8-13(17)15-11-6-7-16(9-11)12-4-2-3-5-12/h10-12H,2-9,14H2,1H3,(H,15,17). The number of carbonyl (C=O) groups excluding carboxylic acids is 1. The Morgan fingerprint density at radius 2 is 2.12 bits per heavy atom. The Labute approximate surface area is 104 Å². The number of nitrogens with two attached hydrogens (primary N) is 1. The van der Waals surface area contributed by atoms with Gasteiger partial charge in [-0.3, -0.25) is 9.69 Å². The SMILES string of the molecule is CC(N)CC(=O)NC1CCN(C2CCCC2)C1. The van der Waals surface area contributed by atoms with E-state index in [-0.39, 0.29) is 11.9 Å². The van der Waals surface area contributed by atoms with E-state index in [0.717, 1.165) is 25.6 Å². The van der Waals surface area contributed by atoms with Crippen LogP contribution in [-0.2, 0) is 4.79 Å². The fourth-order valence-corrected chi connectivity index (χ4v) is 3.09. The van der Waals surface area contributed by atoms with Gasteiger partial charge in [0, 0.05) is 37.6 Å². The van der Waals surface area contributed by atoms with Crippen LogP contribution in [0.2, 0.25) is 0 Å². The zero-order valence-corrected chi connectivity index (χ0v) is 10.8. The van der Waals surface area contributed by atoms with Crippen LogP contribution in [0.25, 0.3) is 0 Å². The molecule has 2 unspecified atom stereocenters. The van der Waals surface area contributed by atoms with Crippen molar-refractivity contribution in [2.75, 3.05) is 13.1 Å². The van der Waals surface area contributed by atoms with Gasteiger partial charge in [-0.25, -0.2) is 0 Å². The average Bonchev–Trinajstić information content (AvgIpc) is 2.84. The van der Waals surface area contributed by atoms with E-state index in [2.05, 4.69) is 10.2 Å². The molecule has 1 amide bonds. The lowest BCUT2D eigenvalue weighted by Crippen LogP contribution is -2.40. The summed E-state index contributed by atoms with van der Waals surface area (Å²) in [5.74, 6) is 0.110. The van der Waals surface area contributed by atoms with Gasteiger partial charge in [0.05, 0.1) is 0 Å². The Bertz CT molecular complexity index is 261. The van der Waals surface area contributed by atoms with Crippen molar-refractivity contribution in [2.45, 2.75) is 63.6 Å². The largest absolute Gasteiger partial charge is 0.352 e. The summed E-state index contributed by atoms with van der Waals surface area (Å²) in [6.07, 6.45) is 6.99. The lowest BCUT2D eigenvalue weighted by molar-refractivity contribution is -0.121. The highest BCUT2D eigenvalue weighted by atomic mass is 16.1. The van der Waals surface area contributed by atoms with Gasteiger partial charge in [-0.1, -0.05) is 12.8 Å². The van der Waals surface area contributed by atoms with Gasteiger partial charge in [0.2, 0.25) is 5.91 Å². The Hall–Kier alpha value is -0.610. The highest BCUT2D eigenvalue weighted by Crippen LogP contribution is 2.26. The highest BCUT2D eigenvalue weighted by Gasteiger charge is 2.30. The summed E-state index contributed by atoms with van der Waals surface area (Å²) in [5, 5.41) is 3.10. The van der Waals surface area contributed by atoms with E-state index >= 15 is 0 Å². The zero-order valence-electron chi connectivity index (χ0n) is 10.8. The molecule has 0 spiro atoms. The van der Waals surface area contributed by atoms with Crippen LogP contribution in [0.3, 0.4) is 0 Å². The van der Waals surface area contributed by atoms with Gasteiger partial charge in [-0.2, -0.15) is 0 Å². The van der Waals surface area contributed by atoms with Crippen molar-refractivity contribution >= 4 is 5.91 Å². The summed E-state index contributed by atoms with van der Waals surface area (Å²) < 4.78 is 0. The van der Waals surface area contributed by atoms with Gasteiger partial charge in [-0.15, -0.1) is 0 Å². The number of carbonyl (C=O) groups is 1. The quantitative estimate of drug-likeness (QED) is 0.765. The fourth-order valence-electron chi connectivity index (χ4n) is 3.09. The van der Waals surface area contributed by atoms with E-state index in [1.54, 1.807) is 0 Å². The Balaban J connectivity index is 1.72. The van der Waals surface area contributed by atoms with E-state index in [1.807, 2.05) is 6.92 Å². The molecule has 3 N–H and O–H groups in total. The maximum Gasteiger partial charge on any atom is 0.221 e. The topological polar surface area (TPSA) is 58.4 Å². The Morgan fingerprint density at radius 1 is 1.41 bits per heavy atom. The molecule has 98 valence electrons. The van der Waals surface area contributed by atoms with E-state index in [0.29, 0.717) is 12.5 Å². The minimum absolute atomic E-state index is 0.0395. The second-order valence-electron chi connectivity index (χ2n) is 5.67. The molecule has 2 rings (SSSR count). The minimum Gasteiger partial charge on any atom is -0.352 e. The first-order valence-electron chi connectivity index (χ1n) is 6.94. The number of hydrogen-bond acceptors (Lipinski definition) is 3. The summed E-state index contributed by atoms with van der Waals surface area (Å²) in [6.45, 7) is 4.06. The van der Waals surface area contributed by atoms with Gasteiger partial charge in [0.25, 0.3) is 0 Å². The molecule has 2 atom stereocenters. The van der Waals surface area contributed by atoms with Crippen LogP contribution < -0.4 is 11.1 Å². The van der Waals surface area contributed by atoms with E-state index in [9.17, 15) is 4.79 Å². The van der Waals surface area contributed by atoms with Crippen LogP contribution in [0.4, 0.5) is 0 Å². The Kier molecular flexibility index (Phi) is 4.40. The van der Waals surface area contributed by atoms with Crippen molar-refractivity contribution in [1.82, 2.24) is 10.2 Å². The lowest BCUT2D eigenvalue weighted by Gasteiger charge is -2.23. The lowest BCUT2D eigenvalue weighted by atomic mass is 10.2. The van der Waals surface area contributed by atoms with Gasteiger partial charge < -0.3 is 11.1 Å². The smallest absolute Gasteiger partial charge is 0.221 e. The van der Waals surface area contributed by atoms with Crippen LogP contribution >= 0.6 is 0 Å². The van der Waals surface area contributed by atoms with Crippen LogP contribution in [0.15, 0.2) is 0 Å². The average molecular weight is 239 g/mol. The number of rotatable bonds is 4. The summed E-state index contributed by atoms with van der Waals surface area (Å²) in [4.78, 5) is 14.2. The third-order valence-electron chi connectivity index (χ3n) is 3.93. The van der Waals surface area contributed by atoms with E-state index in [4.69, 9.17) is 5.73 Å². The second kappa shape index (κ2) is 5.83. The Morgan fingerprint density at radius 3 is 2.76 bits per heavy atom. The van der Waals surface area contributed by atoms with Crippen LogP contribution in [0.5, 0.6) is 0 Å². The molecule has 1 saturated heterocycles. The molecular weight excluding hydrogens is 214 g/mol. The molecule has 1 aliphatic carbocycles. The normalized spacial score (nSPS) is 28.5. The van der Waals surface area contributed by atoms with Crippen molar-refractivity contribution in [2.24, 2.45) is 5.73 Å². The molecule has 0 aromatic rings. The zero-order chi connectivity index (χ0) is 12.3. The van der Waals surface area contributed by atoms with Crippen LogP contribution in [0.1, 0.15) is 45.4 Å². The van der Waals surface area contributed by atoms with Gasteiger partial charge in [-0.05, 0) is 26.2 Å². The van der Waals surface area contributed by atoms with Crippen molar-refractivity contribution in [3.05, 3.63) is 0 Å². The van der Waals surface area contributed by atoms with Gasteiger partial charge in [0.15, 0.2) is 0 Å². The van der Waals surface area contributed by atoms with Crippen LogP contribution in [0, 0.1) is 0 Å². The molecule has 1 aliphatic heterocycles. The van der Waals surface area contributed by atoms with Crippen LogP contribution in [-0.4, -0.2) is 42.0 Å². The molecule has 17 heavy (non-hydrogen) atoms. The molecule has 4 nitrogen and oxygen atoms in total. The third kappa shape index (κ3) is 3.68. The van der Waals surface area contributed by atoms with E-state index < -0.39 is 0 Å². The van der Waals surface area contributed by atoms with Crippen molar-refractivity contribution in [1.29, 1.82) is 0 Å². The molecule has 0 aromatic heterocycles. The van der Waals surface area contributed by atoms with Crippen molar-refractivity contribution < 1.29 is 4.79 Å². The first-order chi connectivity index (χ1) is 8.15. The maximum atomic E-state index is 11.6. The number of likely N-dealkylation sites (tertiary alicyclic amines) is 1. The maximum absolute atomic E-state index is 11.6. The molecule has 0 radical (unpaired) electrons. The molecular formula is C13H25N3O. The fraction of sp³-hybridized carbons (Fsp3) is 0.923. The molecule has 2 fully saturated rings. The molecule has 1 saturated carbocycles. The van der Waals surface area contributed by atoms with Gasteiger partial charge >= 0.3 is 0 Å². The highest BCUT2D eigenvalue weighted by molar-refractivity contribution is 5.76. The first kappa shape index (κ1) is 12.8. The summed E-state index contributed by atoms with van der Waals surface area (Å²) >= 11 is 0. The molecule has 1 heterocycles. The second-order valence-corrected chi connectivity index (χ2v) is 5.67. The number of nitrogens with one attached hydrogen (secondary N) is 1. The summed E-state index contributed by atoms with van der Waals surface area (Å²) in [7, 11) is 0. The van der Waals surface area contributed by atoms with Gasteiger partial charge in [0.1, 0.15) is 0 Å². The number of hydrogen-bond donors (Lipinski definition) is 2. The number of nitrogens with zero attached hydrogens (tertiary/aromatic N) is 1. The molecule has 0 aromatic carbocycles. The van der Waals surface area contributed by atoms with Crippen molar-refractivity contribution in [3.8, 4) is 0 Å². The summed E-state index contributed by atoms with van der Waals surface area (Å²) in [6, 6.07) is 1.09. The minimum atomic E-state index is -0.0395. The van der Waals surface area contributed by atoms with Crippen molar-refractivity contribution in [3.63, 3.8) is 0 Å².